The van der Waals surface area contributed by atoms with Crippen LogP contribution in [-0.2, 0) is 10.0 Å². The minimum absolute atomic E-state index is 0.0533. The van der Waals surface area contributed by atoms with Gasteiger partial charge in [0.05, 0.1) is 18.6 Å². The second-order valence-electron chi connectivity index (χ2n) is 5.45. The monoisotopic (exact) mass is 384 g/mol. The van der Waals surface area contributed by atoms with Gasteiger partial charge in [0.2, 0.25) is 15.9 Å². The van der Waals surface area contributed by atoms with E-state index in [1.807, 2.05) is 18.6 Å². The maximum absolute atomic E-state index is 11.7. The molecule has 25 heavy (non-hydrogen) atoms. The molecule has 0 radical (unpaired) electrons. The van der Waals surface area contributed by atoms with Crippen LogP contribution in [0.15, 0.2) is 36.5 Å². The van der Waals surface area contributed by atoms with Crippen LogP contribution in [0.5, 0.6) is 17.4 Å². The number of aromatic nitrogens is 1. The van der Waals surface area contributed by atoms with Crippen molar-refractivity contribution in [2.45, 2.75) is 20.0 Å². The quantitative estimate of drug-likeness (QED) is 0.822. The molecular weight excluding hydrogens is 368 g/mol. The highest BCUT2D eigenvalue weighted by molar-refractivity contribution is 7.89. The van der Waals surface area contributed by atoms with Gasteiger partial charge >= 0.3 is 0 Å². The molecule has 0 aliphatic rings. The van der Waals surface area contributed by atoms with E-state index < -0.39 is 15.9 Å². The molecule has 0 fully saturated rings. The summed E-state index contributed by atoms with van der Waals surface area (Å²) in [5.41, 5.74) is 0.189. The Morgan fingerprint density at radius 2 is 1.84 bits per heavy atom. The predicted molar refractivity (Wildman–Crippen MR) is 93.8 cm³/mol. The van der Waals surface area contributed by atoms with E-state index in [2.05, 4.69) is 4.98 Å². The summed E-state index contributed by atoms with van der Waals surface area (Å²) in [7, 11) is -3.61. The lowest BCUT2D eigenvalue weighted by Gasteiger charge is -2.11. The van der Waals surface area contributed by atoms with Gasteiger partial charge < -0.3 is 9.47 Å². The lowest BCUT2D eigenvalue weighted by atomic mass is 10.2. The second kappa shape index (κ2) is 7.71. The number of ether oxygens (including phenoxy) is 2. The third kappa shape index (κ3) is 5.91. The number of sulfonamides is 1. The fourth-order valence-electron chi connectivity index (χ4n) is 1.81. The van der Waals surface area contributed by atoms with Crippen molar-refractivity contribution >= 4 is 27.5 Å². The molecule has 0 bridgehead atoms. The Kier molecular flexibility index (Phi) is 5.86. The Morgan fingerprint density at radius 1 is 1.20 bits per heavy atom. The molecule has 1 aromatic carbocycles. The second-order valence-corrected chi connectivity index (χ2v) is 7.61. The molecule has 2 rings (SSSR count). The van der Waals surface area contributed by atoms with E-state index in [0.29, 0.717) is 22.4 Å². The van der Waals surface area contributed by atoms with Crippen LogP contribution >= 0.6 is 11.6 Å². The average Bonchev–Trinajstić information content (AvgIpc) is 2.48. The van der Waals surface area contributed by atoms with Crippen LogP contribution in [0.25, 0.3) is 0 Å². The molecule has 1 N–H and O–H groups in total. The van der Waals surface area contributed by atoms with Gasteiger partial charge in [0.15, 0.2) is 0 Å². The Balaban J connectivity index is 2.08. The van der Waals surface area contributed by atoms with Crippen LogP contribution in [0.2, 0.25) is 5.02 Å². The number of pyridine rings is 1. The summed E-state index contributed by atoms with van der Waals surface area (Å²) in [6.07, 6.45) is 2.32. The van der Waals surface area contributed by atoms with E-state index in [9.17, 15) is 13.2 Å². The molecule has 134 valence electrons. The van der Waals surface area contributed by atoms with Crippen molar-refractivity contribution < 1.29 is 22.7 Å². The van der Waals surface area contributed by atoms with Gasteiger partial charge in [-0.3, -0.25) is 4.79 Å². The summed E-state index contributed by atoms with van der Waals surface area (Å²) in [6, 6.07) is 7.52. The number of halogens is 1. The summed E-state index contributed by atoms with van der Waals surface area (Å²) in [5, 5.41) is 0.315. The Bertz CT molecular complexity index is 867. The minimum Gasteiger partial charge on any atom is -0.474 e. The largest absolute Gasteiger partial charge is 0.474 e. The molecule has 0 atom stereocenters. The molecule has 2 aromatic rings. The zero-order chi connectivity index (χ0) is 18.6. The molecular formula is C16H17ClN2O5S. The van der Waals surface area contributed by atoms with Gasteiger partial charge in [0, 0.05) is 11.6 Å². The van der Waals surface area contributed by atoms with Gasteiger partial charge in [0.25, 0.3) is 5.91 Å². The fourth-order valence-corrected chi connectivity index (χ4v) is 2.47. The van der Waals surface area contributed by atoms with Crippen molar-refractivity contribution in [2.75, 3.05) is 6.26 Å². The van der Waals surface area contributed by atoms with Crippen molar-refractivity contribution in [1.82, 2.24) is 9.71 Å². The molecule has 0 unspecified atom stereocenters. The summed E-state index contributed by atoms with van der Waals surface area (Å²) in [4.78, 5) is 15.8. The summed E-state index contributed by atoms with van der Waals surface area (Å²) >= 11 is 6.09. The van der Waals surface area contributed by atoms with Gasteiger partial charge in [-0.2, -0.15) is 0 Å². The Morgan fingerprint density at radius 3 is 2.36 bits per heavy atom. The van der Waals surface area contributed by atoms with E-state index >= 15 is 0 Å². The number of rotatable bonds is 6. The van der Waals surface area contributed by atoms with Crippen molar-refractivity contribution in [2.24, 2.45) is 0 Å². The smallest absolute Gasteiger partial charge is 0.264 e. The SMILES string of the molecule is CC(C)Oc1ncc(Oc2ccc(C(=O)NS(C)(=O)=O)cc2)cc1Cl. The van der Waals surface area contributed by atoms with Crippen LogP contribution in [0.1, 0.15) is 24.2 Å². The third-order valence-corrected chi connectivity index (χ3v) is 3.59. The molecule has 1 aromatic heterocycles. The highest BCUT2D eigenvalue weighted by Crippen LogP contribution is 2.29. The highest BCUT2D eigenvalue weighted by atomic mass is 35.5. The third-order valence-electron chi connectivity index (χ3n) is 2.76. The number of hydrogen-bond donors (Lipinski definition) is 1. The first-order valence-corrected chi connectivity index (χ1v) is 9.53. The summed E-state index contributed by atoms with van der Waals surface area (Å²) in [5.74, 6) is 0.437. The first kappa shape index (κ1) is 19.0. The van der Waals surface area contributed by atoms with E-state index in [0.717, 1.165) is 6.26 Å². The number of hydrogen-bond acceptors (Lipinski definition) is 6. The molecule has 1 heterocycles. The number of nitrogens with one attached hydrogen (secondary N) is 1. The summed E-state index contributed by atoms with van der Waals surface area (Å²) < 4.78 is 35.1. The van der Waals surface area contributed by atoms with E-state index in [1.54, 1.807) is 6.07 Å². The standard InChI is InChI=1S/C16H17ClN2O5S/c1-10(2)23-16-14(17)8-13(9-18-16)24-12-6-4-11(5-7-12)15(20)19-25(3,21)22/h4-10H,1-3H3,(H,19,20). The van der Waals surface area contributed by atoms with E-state index in [1.165, 1.54) is 30.5 Å². The lowest BCUT2D eigenvalue weighted by Crippen LogP contribution is -2.29. The van der Waals surface area contributed by atoms with Crippen LogP contribution in [0.3, 0.4) is 0 Å². The highest BCUT2D eigenvalue weighted by Gasteiger charge is 2.12. The van der Waals surface area contributed by atoms with E-state index in [-0.39, 0.29) is 11.7 Å². The van der Waals surface area contributed by atoms with E-state index in [4.69, 9.17) is 21.1 Å². The average molecular weight is 385 g/mol. The van der Waals surface area contributed by atoms with Crippen molar-refractivity contribution in [3.63, 3.8) is 0 Å². The van der Waals surface area contributed by atoms with Gasteiger partial charge in [-0.1, -0.05) is 11.6 Å². The van der Waals surface area contributed by atoms with Gasteiger partial charge in [0.1, 0.15) is 16.5 Å². The number of nitrogens with zero attached hydrogens (tertiary/aromatic N) is 1. The fraction of sp³-hybridized carbons (Fsp3) is 0.250. The van der Waals surface area contributed by atoms with Crippen LogP contribution in [-0.4, -0.2) is 31.7 Å². The Hall–Kier alpha value is -2.32. The topological polar surface area (TPSA) is 94.6 Å². The molecule has 9 heteroatoms. The van der Waals surface area contributed by atoms with Crippen LogP contribution < -0.4 is 14.2 Å². The molecule has 0 aliphatic carbocycles. The number of amides is 1. The lowest BCUT2D eigenvalue weighted by molar-refractivity contribution is 0.0981. The van der Waals surface area contributed by atoms with Crippen LogP contribution in [0.4, 0.5) is 0 Å². The van der Waals surface area contributed by atoms with Crippen molar-refractivity contribution in [3.8, 4) is 17.4 Å². The van der Waals surface area contributed by atoms with Gasteiger partial charge in [-0.05, 0) is 38.1 Å². The maximum Gasteiger partial charge on any atom is 0.264 e. The molecule has 0 saturated heterocycles. The predicted octanol–water partition coefficient (Wildman–Crippen LogP) is 3.00. The molecule has 0 saturated carbocycles. The Labute approximate surface area is 151 Å². The number of benzene rings is 1. The van der Waals surface area contributed by atoms with Gasteiger partial charge in [-0.25, -0.2) is 18.1 Å². The van der Waals surface area contributed by atoms with Crippen molar-refractivity contribution in [1.29, 1.82) is 0 Å². The minimum atomic E-state index is -3.61. The molecule has 1 amide bonds. The zero-order valence-corrected chi connectivity index (χ0v) is 15.4. The van der Waals surface area contributed by atoms with Gasteiger partial charge in [-0.15, -0.1) is 0 Å². The van der Waals surface area contributed by atoms with Crippen molar-refractivity contribution in [3.05, 3.63) is 47.1 Å². The zero-order valence-electron chi connectivity index (χ0n) is 13.8. The molecule has 0 aliphatic heterocycles. The maximum atomic E-state index is 11.7. The first-order valence-electron chi connectivity index (χ1n) is 7.26. The first-order chi connectivity index (χ1) is 11.6. The normalized spacial score (nSPS) is 11.2. The summed E-state index contributed by atoms with van der Waals surface area (Å²) in [6.45, 7) is 3.73. The molecule has 7 nitrogen and oxygen atoms in total. The molecule has 0 spiro atoms. The number of carbonyl (C=O) groups excluding carboxylic acids is 1. The van der Waals surface area contributed by atoms with Crippen LogP contribution in [0, 0.1) is 0 Å². The number of carbonyl (C=O) groups is 1.